The molecule has 2 amide bonds. The van der Waals surface area contributed by atoms with Crippen LogP contribution in [0.3, 0.4) is 0 Å². The highest BCUT2D eigenvalue weighted by Crippen LogP contribution is 2.18. The molecular weight excluding hydrogens is 346 g/mol. The van der Waals surface area contributed by atoms with Gasteiger partial charge in [0.25, 0.3) is 5.91 Å². The molecule has 3 rings (SSSR count). The van der Waals surface area contributed by atoms with E-state index in [-0.39, 0.29) is 36.3 Å². The highest BCUT2D eigenvalue weighted by Gasteiger charge is 2.21. The van der Waals surface area contributed by atoms with Gasteiger partial charge in [-0.15, -0.1) is 0 Å². The standard InChI is InChI=1S/C20H23N3O4/c1-15(24)16-4-6-17(7-5-16)22-10-12-23(13-11-22)19(25)8-9-21-20(26)18-3-2-14-27-18/h2-7,14H,8-13H2,1H3,(H,21,26). The van der Waals surface area contributed by atoms with Crippen LogP contribution in [0.25, 0.3) is 0 Å². The van der Waals surface area contributed by atoms with Crippen LogP contribution < -0.4 is 10.2 Å². The van der Waals surface area contributed by atoms with E-state index < -0.39 is 0 Å². The van der Waals surface area contributed by atoms with Gasteiger partial charge in [0.15, 0.2) is 11.5 Å². The molecule has 0 radical (unpaired) electrons. The molecule has 2 heterocycles. The van der Waals surface area contributed by atoms with E-state index in [1.54, 1.807) is 19.1 Å². The fourth-order valence-electron chi connectivity index (χ4n) is 3.06. The van der Waals surface area contributed by atoms with Crippen LogP contribution in [0.15, 0.2) is 47.1 Å². The monoisotopic (exact) mass is 369 g/mol. The number of nitrogens with one attached hydrogen (secondary N) is 1. The third-order valence-electron chi connectivity index (χ3n) is 4.64. The van der Waals surface area contributed by atoms with Gasteiger partial charge in [0.1, 0.15) is 0 Å². The minimum absolute atomic E-state index is 0.0290. The third-order valence-corrected chi connectivity index (χ3v) is 4.64. The molecule has 0 saturated carbocycles. The summed E-state index contributed by atoms with van der Waals surface area (Å²) in [4.78, 5) is 39.5. The number of hydrogen-bond donors (Lipinski definition) is 1. The number of anilines is 1. The Labute approximate surface area is 157 Å². The van der Waals surface area contributed by atoms with Gasteiger partial charge < -0.3 is 19.5 Å². The molecule has 7 nitrogen and oxygen atoms in total. The highest BCUT2D eigenvalue weighted by molar-refractivity contribution is 5.94. The van der Waals surface area contributed by atoms with E-state index in [9.17, 15) is 14.4 Å². The summed E-state index contributed by atoms with van der Waals surface area (Å²) in [6.45, 7) is 4.59. The van der Waals surface area contributed by atoms with Crippen molar-refractivity contribution in [1.82, 2.24) is 10.2 Å². The van der Waals surface area contributed by atoms with Gasteiger partial charge in [0, 0.05) is 50.4 Å². The minimum Gasteiger partial charge on any atom is -0.459 e. The Morgan fingerprint density at radius 1 is 1.04 bits per heavy atom. The zero-order chi connectivity index (χ0) is 19.2. The molecule has 27 heavy (non-hydrogen) atoms. The quantitative estimate of drug-likeness (QED) is 0.787. The molecule has 1 N–H and O–H groups in total. The average Bonchev–Trinajstić information content (AvgIpc) is 3.23. The smallest absolute Gasteiger partial charge is 0.286 e. The van der Waals surface area contributed by atoms with Gasteiger partial charge in [-0.3, -0.25) is 14.4 Å². The maximum Gasteiger partial charge on any atom is 0.286 e. The van der Waals surface area contributed by atoms with Crippen molar-refractivity contribution in [2.75, 3.05) is 37.6 Å². The lowest BCUT2D eigenvalue weighted by molar-refractivity contribution is -0.131. The summed E-state index contributed by atoms with van der Waals surface area (Å²) in [6, 6.07) is 10.8. The van der Waals surface area contributed by atoms with E-state index in [4.69, 9.17) is 4.42 Å². The lowest BCUT2D eigenvalue weighted by atomic mass is 10.1. The molecule has 1 aliphatic heterocycles. The Kier molecular flexibility index (Phi) is 5.90. The zero-order valence-electron chi connectivity index (χ0n) is 15.3. The van der Waals surface area contributed by atoms with Crippen molar-refractivity contribution in [1.29, 1.82) is 0 Å². The van der Waals surface area contributed by atoms with Crippen LogP contribution in [0.1, 0.15) is 34.3 Å². The first-order valence-corrected chi connectivity index (χ1v) is 9.00. The molecular formula is C20H23N3O4. The summed E-state index contributed by atoms with van der Waals surface area (Å²) in [5.41, 5.74) is 1.75. The fourth-order valence-corrected chi connectivity index (χ4v) is 3.06. The maximum absolute atomic E-state index is 12.3. The molecule has 0 atom stereocenters. The van der Waals surface area contributed by atoms with E-state index in [0.717, 1.165) is 18.8 Å². The number of amides is 2. The largest absolute Gasteiger partial charge is 0.459 e. The van der Waals surface area contributed by atoms with Gasteiger partial charge >= 0.3 is 0 Å². The first-order valence-electron chi connectivity index (χ1n) is 9.00. The second-order valence-corrected chi connectivity index (χ2v) is 6.45. The van der Waals surface area contributed by atoms with Gasteiger partial charge in [-0.05, 0) is 43.3 Å². The molecule has 1 aromatic heterocycles. The van der Waals surface area contributed by atoms with Crippen molar-refractivity contribution in [3.8, 4) is 0 Å². The minimum atomic E-state index is -0.313. The Morgan fingerprint density at radius 2 is 1.74 bits per heavy atom. The summed E-state index contributed by atoms with van der Waals surface area (Å²) >= 11 is 0. The summed E-state index contributed by atoms with van der Waals surface area (Å²) in [6.07, 6.45) is 1.70. The number of benzene rings is 1. The third kappa shape index (κ3) is 4.75. The van der Waals surface area contributed by atoms with Gasteiger partial charge in [-0.1, -0.05) is 0 Å². The van der Waals surface area contributed by atoms with Crippen molar-refractivity contribution in [3.05, 3.63) is 54.0 Å². The maximum atomic E-state index is 12.3. The topological polar surface area (TPSA) is 82.9 Å². The summed E-state index contributed by atoms with van der Waals surface area (Å²) in [5, 5.41) is 2.69. The predicted molar refractivity (Wildman–Crippen MR) is 101 cm³/mol. The molecule has 1 aliphatic rings. The first kappa shape index (κ1) is 18.7. The Balaban J connectivity index is 1.42. The normalized spacial score (nSPS) is 14.1. The van der Waals surface area contributed by atoms with Gasteiger partial charge in [-0.25, -0.2) is 0 Å². The summed E-state index contributed by atoms with van der Waals surface area (Å²) in [7, 11) is 0. The molecule has 7 heteroatoms. The number of nitrogens with zero attached hydrogens (tertiary/aromatic N) is 2. The lowest BCUT2D eigenvalue weighted by Crippen LogP contribution is -2.49. The van der Waals surface area contributed by atoms with Crippen LogP contribution in [0.2, 0.25) is 0 Å². The Bertz CT molecular complexity index is 791. The van der Waals surface area contributed by atoms with E-state index >= 15 is 0 Å². The first-order chi connectivity index (χ1) is 13.0. The summed E-state index contributed by atoms with van der Waals surface area (Å²) in [5.74, 6) is 0.0101. The van der Waals surface area contributed by atoms with E-state index in [1.807, 2.05) is 29.2 Å². The number of hydrogen-bond acceptors (Lipinski definition) is 5. The fraction of sp³-hybridized carbons (Fsp3) is 0.350. The molecule has 0 bridgehead atoms. The molecule has 142 valence electrons. The molecule has 0 spiro atoms. The van der Waals surface area contributed by atoms with Crippen LogP contribution in [0.5, 0.6) is 0 Å². The van der Waals surface area contributed by atoms with Crippen LogP contribution >= 0.6 is 0 Å². The van der Waals surface area contributed by atoms with E-state index in [0.29, 0.717) is 18.7 Å². The average molecular weight is 369 g/mol. The number of Topliss-reactive ketones (excluding diaryl/α,β-unsaturated/α-hetero) is 1. The molecule has 1 saturated heterocycles. The highest BCUT2D eigenvalue weighted by atomic mass is 16.3. The number of ketones is 1. The van der Waals surface area contributed by atoms with Crippen LogP contribution in [-0.2, 0) is 4.79 Å². The van der Waals surface area contributed by atoms with Gasteiger partial charge in [-0.2, -0.15) is 0 Å². The van der Waals surface area contributed by atoms with Crippen molar-refractivity contribution in [2.24, 2.45) is 0 Å². The number of furan rings is 1. The second kappa shape index (κ2) is 8.53. The Morgan fingerprint density at radius 3 is 2.33 bits per heavy atom. The second-order valence-electron chi connectivity index (χ2n) is 6.45. The predicted octanol–water partition coefficient (Wildman–Crippen LogP) is 1.95. The van der Waals surface area contributed by atoms with Crippen molar-refractivity contribution in [3.63, 3.8) is 0 Å². The summed E-state index contributed by atoms with van der Waals surface area (Å²) < 4.78 is 5.01. The van der Waals surface area contributed by atoms with E-state index in [2.05, 4.69) is 10.2 Å². The number of piperazine rings is 1. The SMILES string of the molecule is CC(=O)c1ccc(N2CCN(C(=O)CCNC(=O)c3ccco3)CC2)cc1. The van der Waals surface area contributed by atoms with Crippen molar-refractivity contribution in [2.45, 2.75) is 13.3 Å². The van der Waals surface area contributed by atoms with Crippen molar-refractivity contribution >= 4 is 23.3 Å². The van der Waals surface area contributed by atoms with Crippen LogP contribution in [-0.4, -0.2) is 55.2 Å². The van der Waals surface area contributed by atoms with E-state index in [1.165, 1.54) is 6.26 Å². The lowest BCUT2D eigenvalue weighted by Gasteiger charge is -2.36. The molecule has 1 aromatic carbocycles. The number of carbonyl (C=O) groups excluding carboxylic acids is 3. The van der Waals surface area contributed by atoms with Crippen LogP contribution in [0.4, 0.5) is 5.69 Å². The zero-order valence-corrected chi connectivity index (χ0v) is 15.3. The number of carbonyl (C=O) groups is 3. The molecule has 0 aliphatic carbocycles. The Hall–Kier alpha value is -3.09. The molecule has 1 fully saturated rings. The van der Waals surface area contributed by atoms with Gasteiger partial charge in [0.05, 0.1) is 6.26 Å². The van der Waals surface area contributed by atoms with Crippen LogP contribution in [0, 0.1) is 0 Å². The number of rotatable bonds is 6. The van der Waals surface area contributed by atoms with Gasteiger partial charge in [0.2, 0.25) is 5.91 Å². The van der Waals surface area contributed by atoms with Crippen molar-refractivity contribution < 1.29 is 18.8 Å². The molecule has 0 unspecified atom stereocenters. The molecule has 2 aromatic rings.